The molecule has 0 amide bonds. The molecule has 0 aliphatic heterocycles. The Hall–Kier alpha value is -2.82. The van der Waals surface area contributed by atoms with Crippen molar-refractivity contribution in [1.29, 1.82) is 0 Å². The monoisotopic (exact) mass is 268 g/mol. The van der Waals surface area contributed by atoms with Crippen LogP contribution < -0.4 is 4.74 Å². The lowest BCUT2D eigenvalue weighted by Gasteiger charge is -2.09. The highest BCUT2D eigenvalue weighted by molar-refractivity contribution is 6.03. The molecule has 0 saturated carbocycles. The number of aromatic carboxylic acids is 1. The van der Waals surface area contributed by atoms with Gasteiger partial charge in [0, 0.05) is 0 Å². The summed E-state index contributed by atoms with van der Waals surface area (Å²) in [6, 6.07) is 13.0. The number of imidazole rings is 1. The first kappa shape index (κ1) is 12.2. The molecule has 3 aromatic rings. The standard InChI is InChI=1S/C15H12N2O3/c18-15(19)13-12(7-6-11-14(13)17-9-16-11)20-8-10-4-2-1-3-5-10/h1-7,9H,8H2,(H,16,17)(H,18,19). The van der Waals surface area contributed by atoms with Crippen LogP contribution in [-0.4, -0.2) is 21.0 Å². The van der Waals surface area contributed by atoms with Gasteiger partial charge in [0.05, 0.1) is 11.8 Å². The van der Waals surface area contributed by atoms with Gasteiger partial charge in [0.15, 0.2) is 0 Å². The first-order valence-electron chi connectivity index (χ1n) is 6.12. The molecular weight excluding hydrogens is 256 g/mol. The van der Waals surface area contributed by atoms with E-state index in [4.69, 9.17) is 4.74 Å². The van der Waals surface area contributed by atoms with Gasteiger partial charge in [0.2, 0.25) is 0 Å². The molecule has 1 heterocycles. The number of nitrogens with one attached hydrogen (secondary N) is 1. The van der Waals surface area contributed by atoms with Crippen molar-refractivity contribution in [3.05, 3.63) is 59.9 Å². The summed E-state index contributed by atoms with van der Waals surface area (Å²) in [6.45, 7) is 0.317. The lowest BCUT2D eigenvalue weighted by Crippen LogP contribution is -2.04. The van der Waals surface area contributed by atoms with Crippen LogP contribution in [-0.2, 0) is 6.61 Å². The number of aromatic nitrogens is 2. The predicted molar refractivity (Wildman–Crippen MR) is 73.8 cm³/mol. The number of rotatable bonds is 4. The third kappa shape index (κ3) is 2.21. The molecule has 0 unspecified atom stereocenters. The zero-order chi connectivity index (χ0) is 13.9. The van der Waals surface area contributed by atoms with E-state index in [2.05, 4.69) is 9.97 Å². The first-order valence-corrected chi connectivity index (χ1v) is 6.12. The van der Waals surface area contributed by atoms with E-state index in [1.165, 1.54) is 6.33 Å². The van der Waals surface area contributed by atoms with Gasteiger partial charge in [-0.15, -0.1) is 0 Å². The lowest BCUT2D eigenvalue weighted by molar-refractivity contribution is 0.0694. The summed E-state index contributed by atoms with van der Waals surface area (Å²) in [7, 11) is 0. The number of H-pyrrole nitrogens is 1. The highest BCUT2D eigenvalue weighted by atomic mass is 16.5. The number of hydrogen-bond donors (Lipinski definition) is 2. The van der Waals surface area contributed by atoms with Crippen LogP contribution in [0.5, 0.6) is 5.75 Å². The van der Waals surface area contributed by atoms with Crippen LogP contribution in [0.25, 0.3) is 11.0 Å². The van der Waals surface area contributed by atoms with Gasteiger partial charge in [0.1, 0.15) is 23.4 Å². The number of nitrogens with zero attached hydrogens (tertiary/aromatic N) is 1. The fourth-order valence-electron chi connectivity index (χ4n) is 2.05. The maximum Gasteiger partial charge on any atom is 0.341 e. The fraction of sp³-hybridized carbons (Fsp3) is 0.0667. The van der Waals surface area contributed by atoms with Gasteiger partial charge >= 0.3 is 5.97 Å². The maximum atomic E-state index is 11.4. The van der Waals surface area contributed by atoms with E-state index in [-0.39, 0.29) is 5.56 Å². The van der Waals surface area contributed by atoms with E-state index in [9.17, 15) is 9.90 Å². The zero-order valence-electron chi connectivity index (χ0n) is 10.5. The minimum absolute atomic E-state index is 0.0830. The predicted octanol–water partition coefficient (Wildman–Crippen LogP) is 2.84. The van der Waals surface area contributed by atoms with Crippen molar-refractivity contribution in [2.45, 2.75) is 6.61 Å². The number of carbonyl (C=O) groups is 1. The molecule has 0 fully saturated rings. The second-order valence-electron chi connectivity index (χ2n) is 4.32. The Bertz CT molecular complexity index is 750. The molecule has 3 rings (SSSR count). The Morgan fingerprint density at radius 2 is 2.00 bits per heavy atom. The average molecular weight is 268 g/mol. The molecule has 0 aliphatic rings. The molecule has 0 aliphatic carbocycles. The van der Waals surface area contributed by atoms with Crippen LogP contribution in [0.1, 0.15) is 15.9 Å². The largest absolute Gasteiger partial charge is 0.488 e. The van der Waals surface area contributed by atoms with E-state index in [0.29, 0.717) is 23.4 Å². The topological polar surface area (TPSA) is 75.2 Å². The van der Waals surface area contributed by atoms with Gasteiger partial charge in [-0.2, -0.15) is 0 Å². The zero-order valence-corrected chi connectivity index (χ0v) is 10.5. The van der Waals surface area contributed by atoms with E-state index < -0.39 is 5.97 Å². The summed E-state index contributed by atoms with van der Waals surface area (Å²) in [5, 5.41) is 9.35. The van der Waals surface area contributed by atoms with Crippen molar-refractivity contribution >= 4 is 17.0 Å². The molecule has 0 atom stereocenters. The quantitative estimate of drug-likeness (QED) is 0.763. The Morgan fingerprint density at radius 3 is 2.75 bits per heavy atom. The van der Waals surface area contributed by atoms with Crippen LogP contribution >= 0.6 is 0 Å². The summed E-state index contributed by atoms with van der Waals surface area (Å²) in [4.78, 5) is 18.3. The highest BCUT2D eigenvalue weighted by Crippen LogP contribution is 2.26. The van der Waals surface area contributed by atoms with Gasteiger partial charge in [-0.25, -0.2) is 9.78 Å². The fourth-order valence-corrected chi connectivity index (χ4v) is 2.05. The van der Waals surface area contributed by atoms with Crippen LogP contribution in [0.15, 0.2) is 48.8 Å². The summed E-state index contributed by atoms with van der Waals surface area (Å²) in [5.41, 5.74) is 2.14. The third-order valence-electron chi connectivity index (χ3n) is 3.00. The SMILES string of the molecule is O=C(O)c1c(OCc2ccccc2)ccc2[nH]cnc12. The minimum atomic E-state index is -1.05. The molecular formula is C15H12N2O3. The third-order valence-corrected chi connectivity index (χ3v) is 3.00. The number of carboxylic acids is 1. The first-order chi connectivity index (χ1) is 9.75. The van der Waals surface area contributed by atoms with Crippen molar-refractivity contribution in [3.8, 4) is 5.75 Å². The summed E-state index contributed by atoms with van der Waals surface area (Å²) in [5.74, 6) is -0.730. The van der Waals surface area contributed by atoms with Gasteiger partial charge in [-0.05, 0) is 17.7 Å². The molecule has 100 valence electrons. The molecule has 0 radical (unpaired) electrons. The van der Waals surface area contributed by atoms with Crippen molar-refractivity contribution < 1.29 is 14.6 Å². The number of carboxylic acid groups (broad SMARTS) is 1. The van der Waals surface area contributed by atoms with Gasteiger partial charge in [0.25, 0.3) is 0 Å². The van der Waals surface area contributed by atoms with E-state index >= 15 is 0 Å². The van der Waals surface area contributed by atoms with Crippen molar-refractivity contribution in [1.82, 2.24) is 9.97 Å². The number of fused-ring (bicyclic) bond motifs is 1. The van der Waals surface area contributed by atoms with Gasteiger partial charge in [-0.3, -0.25) is 0 Å². The molecule has 2 aromatic carbocycles. The van der Waals surface area contributed by atoms with Crippen molar-refractivity contribution in [3.63, 3.8) is 0 Å². The van der Waals surface area contributed by atoms with E-state index in [1.54, 1.807) is 12.1 Å². The normalized spacial score (nSPS) is 10.6. The average Bonchev–Trinajstić information content (AvgIpc) is 2.93. The molecule has 0 bridgehead atoms. The van der Waals surface area contributed by atoms with Crippen LogP contribution in [0.2, 0.25) is 0 Å². The number of ether oxygens (including phenoxy) is 1. The Labute approximate surface area is 114 Å². The lowest BCUT2D eigenvalue weighted by atomic mass is 10.1. The number of aromatic amines is 1. The van der Waals surface area contributed by atoms with Gasteiger partial charge < -0.3 is 14.8 Å². The molecule has 0 saturated heterocycles. The smallest absolute Gasteiger partial charge is 0.341 e. The van der Waals surface area contributed by atoms with Gasteiger partial charge in [-0.1, -0.05) is 30.3 Å². The Kier molecular flexibility index (Phi) is 3.09. The second-order valence-corrected chi connectivity index (χ2v) is 4.32. The van der Waals surface area contributed by atoms with Crippen molar-refractivity contribution in [2.24, 2.45) is 0 Å². The van der Waals surface area contributed by atoms with Crippen LogP contribution in [0.3, 0.4) is 0 Å². The second kappa shape index (κ2) is 5.05. The number of benzene rings is 2. The molecule has 2 N–H and O–H groups in total. The van der Waals surface area contributed by atoms with E-state index in [1.807, 2.05) is 30.3 Å². The van der Waals surface area contributed by atoms with Crippen molar-refractivity contribution in [2.75, 3.05) is 0 Å². The highest BCUT2D eigenvalue weighted by Gasteiger charge is 2.17. The molecule has 5 heteroatoms. The van der Waals surface area contributed by atoms with Crippen LogP contribution in [0, 0.1) is 0 Å². The Morgan fingerprint density at radius 1 is 1.20 bits per heavy atom. The molecule has 1 aromatic heterocycles. The minimum Gasteiger partial charge on any atom is -0.488 e. The Balaban J connectivity index is 1.94. The maximum absolute atomic E-state index is 11.4. The molecule has 5 nitrogen and oxygen atoms in total. The molecule has 0 spiro atoms. The number of hydrogen-bond acceptors (Lipinski definition) is 3. The summed E-state index contributed by atoms with van der Waals surface area (Å²) in [6.07, 6.45) is 1.47. The van der Waals surface area contributed by atoms with E-state index in [0.717, 1.165) is 5.56 Å². The molecule has 20 heavy (non-hydrogen) atoms. The summed E-state index contributed by atoms with van der Waals surface area (Å²) >= 11 is 0. The summed E-state index contributed by atoms with van der Waals surface area (Å²) < 4.78 is 5.63. The van der Waals surface area contributed by atoms with Crippen LogP contribution in [0.4, 0.5) is 0 Å².